The third kappa shape index (κ3) is 4.93. The predicted molar refractivity (Wildman–Crippen MR) is 114 cm³/mol. The number of nitrogens with one attached hydrogen (secondary N) is 1. The van der Waals surface area contributed by atoms with Gasteiger partial charge in [-0.2, -0.15) is 0 Å². The highest BCUT2D eigenvalue weighted by atomic mass is 16.2. The van der Waals surface area contributed by atoms with Crippen LogP contribution < -0.4 is 5.32 Å². The number of hydrogen-bond donors (Lipinski definition) is 1. The molecule has 1 heterocycles. The first kappa shape index (κ1) is 19.4. The summed E-state index contributed by atoms with van der Waals surface area (Å²) in [5.74, 6) is -0.00949. The zero-order chi connectivity index (χ0) is 20.2. The number of carbonyl (C=O) groups excluding carboxylic acids is 2. The van der Waals surface area contributed by atoms with Crippen molar-refractivity contribution in [2.75, 3.05) is 26.7 Å². The van der Waals surface area contributed by atoms with Gasteiger partial charge >= 0.3 is 0 Å². The smallest absolute Gasteiger partial charge is 0.251 e. The van der Waals surface area contributed by atoms with Crippen LogP contribution in [-0.2, 0) is 4.79 Å². The summed E-state index contributed by atoms with van der Waals surface area (Å²) in [5.41, 5.74) is 2.72. The van der Waals surface area contributed by atoms with Crippen LogP contribution in [-0.4, -0.2) is 54.3 Å². The Balaban J connectivity index is 1.43. The van der Waals surface area contributed by atoms with Crippen molar-refractivity contribution in [1.29, 1.82) is 0 Å². The maximum Gasteiger partial charge on any atom is 0.251 e. The number of rotatable bonds is 5. The van der Waals surface area contributed by atoms with Crippen LogP contribution >= 0.6 is 0 Å². The summed E-state index contributed by atoms with van der Waals surface area (Å²) < 4.78 is 0. The van der Waals surface area contributed by atoms with Gasteiger partial charge in [0.25, 0.3) is 5.91 Å². The highest BCUT2D eigenvalue weighted by molar-refractivity contribution is 5.95. The Bertz CT molecular complexity index is 888. The number of amides is 2. The molecule has 0 spiro atoms. The minimum atomic E-state index is -0.0257. The summed E-state index contributed by atoms with van der Waals surface area (Å²) in [5, 5.41) is 2.99. The average Bonchev–Trinajstić information content (AvgIpc) is 3.57. The van der Waals surface area contributed by atoms with E-state index in [0.717, 1.165) is 37.1 Å². The van der Waals surface area contributed by atoms with Crippen LogP contribution in [0.3, 0.4) is 0 Å². The Morgan fingerprint density at radius 3 is 2.41 bits per heavy atom. The Labute approximate surface area is 172 Å². The molecule has 5 heteroatoms. The maximum absolute atomic E-state index is 12.9. The van der Waals surface area contributed by atoms with E-state index in [4.69, 9.17) is 0 Å². The molecule has 150 valence electrons. The van der Waals surface area contributed by atoms with Gasteiger partial charge in [0, 0.05) is 37.3 Å². The second-order valence-corrected chi connectivity index (χ2v) is 7.92. The monoisotopic (exact) mass is 389 g/mol. The van der Waals surface area contributed by atoms with Crippen LogP contribution in [0.25, 0.3) is 6.08 Å². The topological polar surface area (TPSA) is 52.7 Å². The van der Waals surface area contributed by atoms with Crippen molar-refractivity contribution in [3.05, 3.63) is 77.4 Å². The lowest BCUT2D eigenvalue weighted by Crippen LogP contribution is -2.48. The van der Waals surface area contributed by atoms with E-state index in [1.807, 2.05) is 53.4 Å². The normalized spacial score (nSPS) is 20.0. The molecule has 29 heavy (non-hydrogen) atoms. The zero-order valence-corrected chi connectivity index (χ0v) is 16.8. The Hall–Kier alpha value is -2.92. The molecule has 2 aromatic rings. The number of hydrogen-bond acceptors (Lipinski definition) is 3. The van der Waals surface area contributed by atoms with E-state index in [9.17, 15) is 9.59 Å². The first-order valence-corrected chi connectivity index (χ1v) is 10.2. The van der Waals surface area contributed by atoms with Gasteiger partial charge in [0.2, 0.25) is 5.91 Å². The number of nitrogens with zero attached hydrogens (tertiary/aromatic N) is 2. The predicted octanol–water partition coefficient (Wildman–Crippen LogP) is 3.11. The third-order valence-electron chi connectivity index (χ3n) is 5.55. The molecule has 5 nitrogen and oxygen atoms in total. The number of carbonyl (C=O) groups is 2. The highest BCUT2D eigenvalue weighted by Crippen LogP contribution is 2.25. The van der Waals surface area contributed by atoms with Crippen molar-refractivity contribution < 1.29 is 9.59 Å². The van der Waals surface area contributed by atoms with E-state index in [1.165, 1.54) is 0 Å². The minimum absolute atomic E-state index is 0.0162. The van der Waals surface area contributed by atoms with Crippen molar-refractivity contribution in [3.63, 3.8) is 0 Å². The van der Waals surface area contributed by atoms with Gasteiger partial charge in [0.1, 0.15) is 0 Å². The fourth-order valence-corrected chi connectivity index (χ4v) is 3.65. The van der Waals surface area contributed by atoms with Crippen LogP contribution in [0.15, 0.2) is 60.7 Å². The van der Waals surface area contributed by atoms with E-state index in [-0.39, 0.29) is 17.9 Å². The largest absolute Gasteiger partial charge is 0.349 e. The highest BCUT2D eigenvalue weighted by Gasteiger charge is 2.29. The van der Waals surface area contributed by atoms with Gasteiger partial charge in [-0.25, -0.2) is 0 Å². The second-order valence-electron chi connectivity index (χ2n) is 7.92. The van der Waals surface area contributed by atoms with Crippen molar-refractivity contribution in [3.8, 4) is 0 Å². The molecule has 4 rings (SSSR count). The SMILES string of the molecule is CN1CCN(C(=O)/C=C/c2ccc(C(=O)NC3CC3)cc2)C(c2ccccc2)C1. The molecule has 0 radical (unpaired) electrons. The Morgan fingerprint density at radius 2 is 1.72 bits per heavy atom. The third-order valence-corrected chi connectivity index (χ3v) is 5.55. The lowest BCUT2D eigenvalue weighted by molar-refractivity contribution is -0.130. The van der Waals surface area contributed by atoms with E-state index in [0.29, 0.717) is 18.2 Å². The van der Waals surface area contributed by atoms with Gasteiger partial charge in [0.15, 0.2) is 0 Å². The van der Waals surface area contributed by atoms with Crippen molar-refractivity contribution >= 4 is 17.9 Å². The first-order chi connectivity index (χ1) is 14.1. The summed E-state index contributed by atoms with van der Waals surface area (Å²) in [6.45, 7) is 2.40. The molecule has 1 saturated carbocycles. The molecule has 1 atom stereocenters. The quantitative estimate of drug-likeness (QED) is 0.800. The average molecular weight is 389 g/mol. The fourth-order valence-electron chi connectivity index (χ4n) is 3.65. The number of piperazine rings is 1. The molecule has 1 aliphatic heterocycles. The molecular weight excluding hydrogens is 362 g/mol. The molecule has 1 N–H and O–H groups in total. The van der Waals surface area contributed by atoms with Gasteiger partial charge in [-0.05, 0) is 49.2 Å². The van der Waals surface area contributed by atoms with E-state index in [1.54, 1.807) is 6.08 Å². The van der Waals surface area contributed by atoms with Crippen LogP contribution in [0.2, 0.25) is 0 Å². The van der Waals surface area contributed by atoms with Crippen LogP contribution in [0, 0.1) is 0 Å². The molecule has 2 fully saturated rings. The van der Waals surface area contributed by atoms with Gasteiger partial charge in [0.05, 0.1) is 6.04 Å². The summed E-state index contributed by atoms with van der Waals surface area (Å²) >= 11 is 0. The minimum Gasteiger partial charge on any atom is -0.349 e. The van der Waals surface area contributed by atoms with E-state index < -0.39 is 0 Å². The molecule has 2 amide bonds. The summed E-state index contributed by atoms with van der Waals surface area (Å²) in [6.07, 6.45) is 5.61. The molecule has 1 saturated heterocycles. The van der Waals surface area contributed by atoms with Crippen molar-refractivity contribution in [2.24, 2.45) is 0 Å². The van der Waals surface area contributed by atoms with Crippen molar-refractivity contribution in [2.45, 2.75) is 24.9 Å². The zero-order valence-electron chi connectivity index (χ0n) is 16.8. The van der Waals surface area contributed by atoms with Crippen LogP contribution in [0.1, 0.15) is 40.4 Å². The Morgan fingerprint density at radius 1 is 1.00 bits per heavy atom. The molecular formula is C24H27N3O2. The number of likely N-dealkylation sites (N-methyl/N-ethyl adjacent to an activating group) is 1. The Kier molecular flexibility index (Phi) is 5.76. The summed E-state index contributed by atoms with van der Waals surface area (Å²) in [7, 11) is 2.09. The molecule has 2 aromatic carbocycles. The van der Waals surface area contributed by atoms with E-state index in [2.05, 4.69) is 29.4 Å². The number of benzene rings is 2. The lowest BCUT2D eigenvalue weighted by Gasteiger charge is -2.39. The molecule has 0 bridgehead atoms. The van der Waals surface area contributed by atoms with Crippen molar-refractivity contribution in [1.82, 2.24) is 15.1 Å². The molecule has 2 aliphatic rings. The molecule has 1 aliphatic carbocycles. The first-order valence-electron chi connectivity index (χ1n) is 10.2. The van der Waals surface area contributed by atoms with Crippen LogP contribution in [0.5, 0.6) is 0 Å². The van der Waals surface area contributed by atoms with Crippen LogP contribution in [0.4, 0.5) is 0 Å². The summed E-state index contributed by atoms with van der Waals surface area (Å²) in [6, 6.07) is 18.0. The van der Waals surface area contributed by atoms with Gasteiger partial charge in [-0.1, -0.05) is 42.5 Å². The van der Waals surface area contributed by atoms with Gasteiger partial charge in [-0.15, -0.1) is 0 Å². The standard InChI is InChI=1S/C24H27N3O2/c1-26-15-16-27(22(17-26)19-5-3-2-4-6-19)23(28)14-9-18-7-10-20(11-8-18)24(29)25-21-12-13-21/h2-11,14,21-22H,12-13,15-17H2,1H3,(H,25,29)/b14-9+. The molecule has 1 unspecified atom stereocenters. The summed E-state index contributed by atoms with van der Waals surface area (Å²) in [4.78, 5) is 29.2. The van der Waals surface area contributed by atoms with Gasteiger partial charge < -0.3 is 15.1 Å². The maximum atomic E-state index is 12.9. The van der Waals surface area contributed by atoms with E-state index >= 15 is 0 Å². The lowest BCUT2D eigenvalue weighted by atomic mass is 10.0. The fraction of sp³-hybridized carbons (Fsp3) is 0.333. The molecule has 0 aromatic heterocycles. The second kappa shape index (κ2) is 8.62. The van der Waals surface area contributed by atoms with Gasteiger partial charge in [-0.3, -0.25) is 9.59 Å².